The van der Waals surface area contributed by atoms with E-state index in [-0.39, 0.29) is 5.97 Å². The normalized spacial score (nSPS) is 17.2. The summed E-state index contributed by atoms with van der Waals surface area (Å²) < 4.78 is 4.90. The molecule has 1 heterocycles. The van der Waals surface area contributed by atoms with Crippen LogP contribution in [0.4, 0.5) is 0 Å². The third-order valence-corrected chi connectivity index (χ3v) is 1.87. The van der Waals surface area contributed by atoms with Crippen molar-refractivity contribution < 1.29 is 9.53 Å². The lowest BCUT2D eigenvalue weighted by Gasteiger charge is -2.21. The zero-order valence-electron chi connectivity index (χ0n) is 7.67. The van der Waals surface area contributed by atoms with Gasteiger partial charge in [-0.2, -0.15) is 0 Å². The van der Waals surface area contributed by atoms with Crippen LogP contribution in [0.15, 0.2) is 11.8 Å². The van der Waals surface area contributed by atoms with Crippen LogP contribution in [0, 0.1) is 0 Å². The summed E-state index contributed by atoms with van der Waals surface area (Å²) in [5.41, 5.74) is 0.797. The Balaban J connectivity index is 2.55. The molecule has 0 atom stereocenters. The van der Waals surface area contributed by atoms with Gasteiger partial charge in [0.25, 0.3) is 0 Å². The Hall–Kier alpha value is -0.990. The molecule has 0 fully saturated rings. The summed E-state index contributed by atoms with van der Waals surface area (Å²) in [4.78, 5) is 13.3. The summed E-state index contributed by atoms with van der Waals surface area (Å²) in [6.45, 7) is 3.31. The van der Waals surface area contributed by atoms with Crippen LogP contribution < -0.4 is 0 Å². The molecule has 1 aliphatic heterocycles. The Morgan fingerprint density at radius 1 is 1.75 bits per heavy atom. The van der Waals surface area contributed by atoms with Gasteiger partial charge in [-0.15, -0.1) is 0 Å². The monoisotopic (exact) mass is 169 g/mol. The first-order valence-corrected chi connectivity index (χ1v) is 4.32. The van der Waals surface area contributed by atoms with Gasteiger partial charge in [0.15, 0.2) is 0 Å². The van der Waals surface area contributed by atoms with E-state index < -0.39 is 0 Å². The SMILES string of the molecule is CCOC(=O)C1=CN(C)CCC1. The van der Waals surface area contributed by atoms with Gasteiger partial charge >= 0.3 is 5.97 Å². The Morgan fingerprint density at radius 2 is 2.50 bits per heavy atom. The first-order chi connectivity index (χ1) is 5.74. The fraction of sp³-hybridized carbons (Fsp3) is 0.667. The van der Waals surface area contributed by atoms with Crippen molar-refractivity contribution >= 4 is 5.97 Å². The molecule has 0 saturated heterocycles. The van der Waals surface area contributed by atoms with Crippen molar-refractivity contribution in [3.05, 3.63) is 11.8 Å². The smallest absolute Gasteiger partial charge is 0.335 e. The Morgan fingerprint density at radius 3 is 3.08 bits per heavy atom. The molecule has 0 spiro atoms. The number of hydrogen-bond donors (Lipinski definition) is 0. The van der Waals surface area contributed by atoms with E-state index in [1.54, 1.807) is 0 Å². The molecule has 1 aliphatic rings. The third kappa shape index (κ3) is 2.26. The standard InChI is InChI=1S/C9H15NO2/c1-3-12-9(11)8-5-4-6-10(2)7-8/h7H,3-6H2,1-2H3. The maximum absolute atomic E-state index is 11.2. The van der Waals surface area contributed by atoms with Crippen molar-refractivity contribution in [2.75, 3.05) is 20.2 Å². The molecule has 0 unspecified atom stereocenters. The molecule has 3 nitrogen and oxygen atoms in total. The molecule has 0 aromatic rings. The van der Waals surface area contributed by atoms with Crippen molar-refractivity contribution in [3.8, 4) is 0 Å². The minimum atomic E-state index is -0.163. The lowest BCUT2D eigenvalue weighted by atomic mass is 10.1. The number of nitrogens with zero attached hydrogens (tertiary/aromatic N) is 1. The van der Waals surface area contributed by atoms with Gasteiger partial charge in [0, 0.05) is 19.8 Å². The Labute approximate surface area is 73.0 Å². The van der Waals surface area contributed by atoms with Crippen molar-refractivity contribution in [1.29, 1.82) is 0 Å². The minimum Gasteiger partial charge on any atom is -0.463 e. The average molecular weight is 169 g/mol. The molecule has 68 valence electrons. The number of hydrogen-bond acceptors (Lipinski definition) is 3. The second-order valence-electron chi connectivity index (χ2n) is 2.96. The van der Waals surface area contributed by atoms with Crippen molar-refractivity contribution in [1.82, 2.24) is 4.90 Å². The molecular formula is C9H15NO2. The molecule has 0 aromatic carbocycles. The molecule has 0 N–H and O–H groups in total. The van der Waals surface area contributed by atoms with Gasteiger partial charge in [-0.1, -0.05) is 0 Å². The number of carbonyl (C=O) groups excluding carboxylic acids is 1. The first-order valence-electron chi connectivity index (χ1n) is 4.32. The lowest BCUT2D eigenvalue weighted by molar-refractivity contribution is -0.138. The van der Waals surface area contributed by atoms with Gasteiger partial charge in [0.2, 0.25) is 0 Å². The molecule has 0 amide bonds. The highest BCUT2D eigenvalue weighted by Gasteiger charge is 2.14. The van der Waals surface area contributed by atoms with E-state index >= 15 is 0 Å². The summed E-state index contributed by atoms with van der Waals surface area (Å²) >= 11 is 0. The quantitative estimate of drug-likeness (QED) is 0.581. The van der Waals surface area contributed by atoms with Crippen LogP contribution in [0.2, 0.25) is 0 Å². The number of ether oxygens (including phenoxy) is 1. The largest absolute Gasteiger partial charge is 0.463 e. The highest BCUT2D eigenvalue weighted by molar-refractivity contribution is 5.88. The van der Waals surface area contributed by atoms with E-state index in [0.29, 0.717) is 6.61 Å². The summed E-state index contributed by atoms with van der Waals surface area (Å²) in [7, 11) is 1.97. The number of esters is 1. The Bertz CT molecular complexity index is 199. The number of rotatable bonds is 2. The Kier molecular flexibility index (Phi) is 3.14. The minimum absolute atomic E-state index is 0.163. The topological polar surface area (TPSA) is 29.5 Å². The molecule has 1 rings (SSSR count). The highest BCUT2D eigenvalue weighted by Crippen LogP contribution is 2.14. The second kappa shape index (κ2) is 4.14. The fourth-order valence-corrected chi connectivity index (χ4v) is 1.29. The van der Waals surface area contributed by atoms with E-state index in [2.05, 4.69) is 0 Å². The van der Waals surface area contributed by atoms with Gasteiger partial charge in [-0.25, -0.2) is 4.79 Å². The molecule has 3 heteroatoms. The van der Waals surface area contributed by atoms with E-state index in [1.165, 1.54) is 0 Å². The summed E-state index contributed by atoms with van der Waals surface area (Å²) in [6.07, 6.45) is 3.77. The van der Waals surface area contributed by atoms with Crippen LogP contribution in [0.1, 0.15) is 19.8 Å². The lowest BCUT2D eigenvalue weighted by Crippen LogP contribution is -2.21. The zero-order valence-corrected chi connectivity index (χ0v) is 7.67. The maximum atomic E-state index is 11.2. The average Bonchev–Trinajstić information content (AvgIpc) is 2.05. The van der Waals surface area contributed by atoms with Gasteiger partial charge < -0.3 is 9.64 Å². The van der Waals surface area contributed by atoms with Gasteiger partial charge in [0.05, 0.1) is 12.2 Å². The van der Waals surface area contributed by atoms with Crippen molar-refractivity contribution in [2.45, 2.75) is 19.8 Å². The summed E-state index contributed by atoms with van der Waals surface area (Å²) in [5, 5.41) is 0. The van der Waals surface area contributed by atoms with Gasteiger partial charge in [-0.05, 0) is 19.8 Å². The first kappa shape index (κ1) is 9.10. The number of carbonyl (C=O) groups is 1. The predicted molar refractivity (Wildman–Crippen MR) is 46.6 cm³/mol. The van der Waals surface area contributed by atoms with Crippen LogP contribution in [-0.4, -0.2) is 31.1 Å². The van der Waals surface area contributed by atoms with E-state index in [4.69, 9.17) is 4.74 Å². The molecule has 0 saturated carbocycles. The zero-order chi connectivity index (χ0) is 8.97. The molecule has 0 aliphatic carbocycles. The molecule has 0 radical (unpaired) electrons. The molecule has 12 heavy (non-hydrogen) atoms. The molecule has 0 bridgehead atoms. The van der Waals surface area contributed by atoms with Crippen molar-refractivity contribution in [3.63, 3.8) is 0 Å². The second-order valence-corrected chi connectivity index (χ2v) is 2.96. The van der Waals surface area contributed by atoms with Crippen LogP contribution in [0.5, 0.6) is 0 Å². The van der Waals surface area contributed by atoms with Gasteiger partial charge in [0.1, 0.15) is 0 Å². The van der Waals surface area contributed by atoms with Crippen LogP contribution in [0.3, 0.4) is 0 Å². The predicted octanol–water partition coefficient (Wildman–Crippen LogP) is 1.16. The van der Waals surface area contributed by atoms with Crippen LogP contribution >= 0.6 is 0 Å². The summed E-state index contributed by atoms with van der Waals surface area (Å²) in [6, 6.07) is 0. The highest BCUT2D eigenvalue weighted by atomic mass is 16.5. The van der Waals surface area contributed by atoms with E-state index in [0.717, 1.165) is 25.0 Å². The van der Waals surface area contributed by atoms with E-state index in [1.807, 2.05) is 25.1 Å². The fourth-order valence-electron chi connectivity index (χ4n) is 1.29. The summed E-state index contributed by atoms with van der Waals surface area (Å²) in [5.74, 6) is -0.163. The van der Waals surface area contributed by atoms with E-state index in [9.17, 15) is 4.79 Å². The van der Waals surface area contributed by atoms with Crippen LogP contribution in [0.25, 0.3) is 0 Å². The molecular weight excluding hydrogens is 154 g/mol. The maximum Gasteiger partial charge on any atom is 0.335 e. The molecule has 0 aromatic heterocycles. The van der Waals surface area contributed by atoms with Crippen LogP contribution in [-0.2, 0) is 9.53 Å². The van der Waals surface area contributed by atoms with Gasteiger partial charge in [-0.3, -0.25) is 0 Å². The van der Waals surface area contributed by atoms with Crippen molar-refractivity contribution in [2.24, 2.45) is 0 Å². The third-order valence-electron chi connectivity index (χ3n) is 1.87.